The highest BCUT2D eigenvalue weighted by Crippen LogP contribution is 2.18. The van der Waals surface area contributed by atoms with E-state index in [1.807, 2.05) is 12.1 Å². The highest BCUT2D eigenvalue weighted by Gasteiger charge is 1.99. The molecular weight excluding hydrogens is 298 g/mol. The topological polar surface area (TPSA) is 35.2 Å². The molecule has 0 saturated heterocycles. The van der Waals surface area contributed by atoms with Crippen molar-refractivity contribution >= 4 is 27.3 Å². The first-order valence-electron chi connectivity index (χ1n) is 5.38. The van der Waals surface area contributed by atoms with Gasteiger partial charge in [-0.2, -0.15) is 0 Å². The highest BCUT2D eigenvalue weighted by atomic mass is 79.9. The maximum absolute atomic E-state index is 5.67. The fraction of sp³-hybridized carbons (Fsp3) is 0.231. The second kappa shape index (κ2) is 6.31. The van der Waals surface area contributed by atoms with Crippen LogP contribution in [0.1, 0.15) is 15.3 Å². The third kappa shape index (κ3) is 3.92. The minimum absolute atomic E-state index is 0.607. The van der Waals surface area contributed by atoms with Crippen LogP contribution in [0, 0.1) is 0 Å². The summed E-state index contributed by atoms with van der Waals surface area (Å²) >= 11 is 5.16. The van der Waals surface area contributed by atoms with E-state index >= 15 is 0 Å². The molecule has 0 aliphatic carbocycles. The Balaban J connectivity index is 1.83. The van der Waals surface area contributed by atoms with Gasteiger partial charge in [0.05, 0.1) is 13.2 Å². The Kier molecular flexibility index (Phi) is 4.74. The van der Waals surface area contributed by atoms with Crippen LogP contribution in [0.2, 0.25) is 0 Å². The van der Waals surface area contributed by atoms with E-state index in [-0.39, 0.29) is 0 Å². The SMILES string of the molecule is NCc1ccc(COCc2cccc(Br)c2)s1. The molecule has 0 saturated carbocycles. The summed E-state index contributed by atoms with van der Waals surface area (Å²) in [6, 6.07) is 12.3. The molecule has 0 fully saturated rings. The average Bonchev–Trinajstić information content (AvgIpc) is 2.77. The lowest BCUT2D eigenvalue weighted by atomic mass is 10.2. The van der Waals surface area contributed by atoms with E-state index in [9.17, 15) is 0 Å². The molecule has 0 aliphatic rings. The van der Waals surface area contributed by atoms with Gasteiger partial charge in [0.2, 0.25) is 0 Å². The number of nitrogens with two attached hydrogens (primary N) is 1. The number of ether oxygens (including phenoxy) is 1. The first-order valence-corrected chi connectivity index (χ1v) is 6.99. The minimum Gasteiger partial charge on any atom is -0.371 e. The van der Waals surface area contributed by atoms with E-state index < -0.39 is 0 Å². The van der Waals surface area contributed by atoms with E-state index in [2.05, 4.69) is 40.2 Å². The number of benzene rings is 1. The summed E-state index contributed by atoms with van der Waals surface area (Å²) in [5, 5.41) is 0. The van der Waals surface area contributed by atoms with E-state index in [0.29, 0.717) is 19.8 Å². The zero-order valence-corrected chi connectivity index (χ0v) is 11.8. The maximum Gasteiger partial charge on any atom is 0.0814 e. The van der Waals surface area contributed by atoms with Crippen molar-refractivity contribution in [2.45, 2.75) is 19.8 Å². The smallest absolute Gasteiger partial charge is 0.0814 e. The molecule has 0 unspecified atom stereocenters. The van der Waals surface area contributed by atoms with Gasteiger partial charge in [-0.3, -0.25) is 0 Å². The molecule has 2 rings (SSSR count). The molecule has 1 aromatic heterocycles. The van der Waals surface area contributed by atoms with Crippen LogP contribution in [0.15, 0.2) is 40.9 Å². The molecule has 2 N–H and O–H groups in total. The predicted molar refractivity (Wildman–Crippen MR) is 74.8 cm³/mol. The Morgan fingerprint density at radius 3 is 2.65 bits per heavy atom. The summed E-state index contributed by atoms with van der Waals surface area (Å²) in [5.74, 6) is 0. The quantitative estimate of drug-likeness (QED) is 0.914. The van der Waals surface area contributed by atoms with Crippen LogP contribution >= 0.6 is 27.3 Å². The molecule has 0 bridgehead atoms. The Labute approximate surface area is 114 Å². The van der Waals surface area contributed by atoms with Crippen molar-refractivity contribution in [2.24, 2.45) is 5.73 Å². The van der Waals surface area contributed by atoms with Gasteiger partial charge < -0.3 is 10.5 Å². The third-order valence-corrected chi connectivity index (χ3v) is 3.89. The van der Waals surface area contributed by atoms with Crippen LogP contribution < -0.4 is 5.73 Å². The highest BCUT2D eigenvalue weighted by molar-refractivity contribution is 9.10. The fourth-order valence-corrected chi connectivity index (χ4v) is 2.79. The molecule has 2 aromatic rings. The van der Waals surface area contributed by atoms with Gasteiger partial charge in [-0.15, -0.1) is 11.3 Å². The predicted octanol–water partition coefficient (Wildman–Crippen LogP) is 3.69. The van der Waals surface area contributed by atoms with Gasteiger partial charge >= 0.3 is 0 Å². The fourth-order valence-electron chi connectivity index (χ4n) is 1.51. The second-order valence-electron chi connectivity index (χ2n) is 3.69. The van der Waals surface area contributed by atoms with Crippen molar-refractivity contribution < 1.29 is 4.74 Å². The molecule has 0 atom stereocenters. The number of hydrogen-bond donors (Lipinski definition) is 1. The van der Waals surface area contributed by atoms with Gasteiger partial charge in [0.25, 0.3) is 0 Å². The van der Waals surface area contributed by atoms with Crippen molar-refractivity contribution in [3.63, 3.8) is 0 Å². The zero-order chi connectivity index (χ0) is 12.1. The first-order chi connectivity index (χ1) is 8.28. The van der Waals surface area contributed by atoms with Gasteiger partial charge in [0.1, 0.15) is 0 Å². The summed E-state index contributed by atoms with van der Waals surface area (Å²) in [5.41, 5.74) is 6.74. The molecule has 2 nitrogen and oxygen atoms in total. The summed E-state index contributed by atoms with van der Waals surface area (Å²) in [7, 11) is 0. The molecule has 90 valence electrons. The molecule has 17 heavy (non-hydrogen) atoms. The molecule has 4 heteroatoms. The second-order valence-corrected chi connectivity index (χ2v) is 5.86. The minimum atomic E-state index is 0.607. The largest absolute Gasteiger partial charge is 0.371 e. The average molecular weight is 312 g/mol. The van der Waals surface area contributed by atoms with Gasteiger partial charge in [-0.25, -0.2) is 0 Å². The van der Waals surface area contributed by atoms with Gasteiger partial charge in [0, 0.05) is 20.8 Å². The van der Waals surface area contributed by atoms with Crippen molar-refractivity contribution in [2.75, 3.05) is 0 Å². The van der Waals surface area contributed by atoms with E-state index in [1.54, 1.807) is 11.3 Å². The van der Waals surface area contributed by atoms with Gasteiger partial charge in [-0.1, -0.05) is 28.1 Å². The molecule has 0 amide bonds. The van der Waals surface area contributed by atoms with Gasteiger partial charge in [-0.05, 0) is 29.8 Å². The first kappa shape index (κ1) is 12.8. The number of hydrogen-bond acceptors (Lipinski definition) is 3. The normalized spacial score (nSPS) is 10.7. The summed E-state index contributed by atoms with van der Waals surface area (Å²) in [6.07, 6.45) is 0. The Morgan fingerprint density at radius 1 is 1.12 bits per heavy atom. The number of rotatable bonds is 5. The molecule has 0 radical (unpaired) electrons. The van der Waals surface area contributed by atoms with Gasteiger partial charge in [0.15, 0.2) is 0 Å². The van der Waals surface area contributed by atoms with Crippen molar-refractivity contribution in [3.05, 3.63) is 56.2 Å². The van der Waals surface area contributed by atoms with Crippen molar-refractivity contribution in [1.82, 2.24) is 0 Å². The van der Waals surface area contributed by atoms with E-state index in [0.717, 1.165) is 4.47 Å². The van der Waals surface area contributed by atoms with Crippen molar-refractivity contribution in [1.29, 1.82) is 0 Å². The van der Waals surface area contributed by atoms with Crippen LogP contribution in [-0.2, 0) is 24.5 Å². The molecule has 0 spiro atoms. The van der Waals surface area contributed by atoms with Crippen molar-refractivity contribution in [3.8, 4) is 0 Å². The van der Waals surface area contributed by atoms with Crippen LogP contribution in [0.4, 0.5) is 0 Å². The summed E-state index contributed by atoms with van der Waals surface area (Å²) < 4.78 is 6.75. The maximum atomic E-state index is 5.67. The van der Waals surface area contributed by atoms with E-state index in [4.69, 9.17) is 10.5 Å². The lowest BCUT2D eigenvalue weighted by molar-refractivity contribution is 0.109. The zero-order valence-electron chi connectivity index (χ0n) is 9.36. The molecule has 0 aliphatic heterocycles. The van der Waals surface area contributed by atoms with Crippen LogP contribution in [0.3, 0.4) is 0 Å². The third-order valence-electron chi connectivity index (χ3n) is 2.32. The molecule has 1 heterocycles. The summed E-state index contributed by atoms with van der Waals surface area (Å²) in [6.45, 7) is 1.89. The standard InChI is InChI=1S/C13H14BrNOS/c14-11-3-1-2-10(6-11)8-16-9-13-5-4-12(7-15)17-13/h1-6H,7-9,15H2. The Bertz CT molecular complexity index is 484. The van der Waals surface area contributed by atoms with Crippen LogP contribution in [0.25, 0.3) is 0 Å². The van der Waals surface area contributed by atoms with E-state index in [1.165, 1.54) is 15.3 Å². The molecular formula is C13H14BrNOS. The lowest BCUT2D eigenvalue weighted by Gasteiger charge is -2.03. The lowest BCUT2D eigenvalue weighted by Crippen LogP contribution is -1.92. The monoisotopic (exact) mass is 311 g/mol. The summed E-state index contributed by atoms with van der Waals surface area (Å²) in [4.78, 5) is 2.42. The van der Waals surface area contributed by atoms with Crippen LogP contribution in [-0.4, -0.2) is 0 Å². The Hall–Kier alpha value is -0.680. The number of halogens is 1. The Morgan fingerprint density at radius 2 is 1.94 bits per heavy atom. The molecule has 1 aromatic carbocycles. The number of thiophene rings is 1. The van der Waals surface area contributed by atoms with Crippen LogP contribution in [0.5, 0.6) is 0 Å².